The highest BCUT2D eigenvalue weighted by Gasteiger charge is 2.60. The van der Waals surface area contributed by atoms with Gasteiger partial charge in [-0.25, -0.2) is 0 Å². The Hall–Kier alpha value is -4.24. The van der Waals surface area contributed by atoms with Gasteiger partial charge in [-0.1, -0.05) is 48.5 Å². The summed E-state index contributed by atoms with van der Waals surface area (Å²) in [4.78, 5) is 42.3. The molecule has 0 radical (unpaired) electrons. The van der Waals surface area contributed by atoms with Gasteiger partial charge in [0.05, 0.1) is 24.7 Å². The van der Waals surface area contributed by atoms with Gasteiger partial charge in [0.2, 0.25) is 11.8 Å². The fourth-order valence-electron chi connectivity index (χ4n) is 9.89. The summed E-state index contributed by atoms with van der Waals surface area (Å²) in [7, 11) is 1.62. The monoisotopic (exact) mass is 637 g/mol. The van der Waals surface area contributed by atoms with Crippen LogP contribution in [-0.2, 0) is 28.0 Å². The van der Waals surface area contributed by atoms with Gasteiger partial charge < -0.3 is 20.1 Å². The maximum absolute atomic E-state index is 14.8. The van der Waals surface area contributed by atoms with Crippen molar-refractivity contribution in [2.45, 2.75) is 69.4 Å². The van der Waals surface area contributed by atoms with E-state index in [0.717, 1.165) is 41.7 Å². The third kappa shape index (κ3) is 5.79. The zero-order chi connectivity index (χ0) is 32.8. The number of methoxy groups -OCH3 is 1. The minimum Gasteiger partial charge on any atom is -0.497 e. The number of aliphatic hydroxyl groups excluding tert-OH is 1. The number of rotatable bonds is 11. The molecule has 1 aliphatic heterocycles. The van der Waals surface area contributed by atoms with Crippen molar-refractivity contribution in [2.24, 2.45) is 23.2 Å². The number of likely N-dealkylation sites (tertiary alicyclic amines) is 1. The maximum atomic E-state index is 14.8. The summed E-state index contributed by atoms with van der Waals surface area (Å²) in [6, 6.07) is 20.8. The molecular weight excluding hydrogens is 594 g/mol. The molecule has 3 aromatic carbocycles. The Kier molecular flexibility index (Phi) is 8.28. The zero-order valence-corrected chi connectivity index (χ0v) is 26.9. The average Bonchev–Trinajstić information content (AvgIpc) is 3.36. The van der Waals surface area contributed by atoms with Gasteiger partial charge in [-0.05, 0) is 103 Å². The van der Waals surface area contributed by atoms with Crippen molar-refractivity contribution in [2.75, 3.05) is 20.2 Å². The first kappa shape index (κ1) is 31.4. The summed E-state index contributed by atoms with van der Waals surface area (Å²) in [5.41, 5.74) is 1.86. The van der Waals surface area contributed by atoms with Crippen LogP contribution in [0.25, 0.3) is 0 Å². The Labute approximate surface area is 275 Å². The van der Waals surface area contributed by atoms with Gasteiger partial charge >= 0.3 is 0 Å². The normalized spacial score (nSPS) is 29.2. The number of non-ortho nitro benzene ring substituents is 1. The molecule has 0 unspecified atom stereocenters. The second-order valence-electron chi connectivity index (χ2n) is 14.5. The molecule has 2 N–H and O–H groups in total. The Bertz CT molecular complexity index is 1600. The Morgan fingerprint density at radius 1 is 0.936 bits per heavy atom. The maximum Gasteiger partial charge on any atom is 0.269 e. The van der Waals surface area contributed by atoms with Crippen molar-refractivity contribution in [1.29, 1.82) is 0 Å². The molecule has 4 aliphatic carbocycles. The minimum atomic E-state index is -1.31. The number of nitrogens with one attached hydrogen (secondary N) is 1. The van der Waals surface area contributed by atoms with Crippen LogP contribution in [0.1, 0.15) is 73.2 Å². The van der Waals surface area contributed by atoms with Gasteiger partial charge in [0.1, 0.15) is 11.2 Å². The number of hydrogen-bond acceptors (Lipinski definition) is 6. The van der Waals surface area contributed by atoms with E-state index in [-0.39, 0.29) is 35.9 Å². The fraction of sp³-hybridized carbons (Fsp3) is 0.474. The van der Waals surface area contributed by atoms with Crippen LogP contribution in [-0.4, -0.2) is 46.9 Å². The Morgan fingerprint density at radius 3 is 2.09 bits per heavy atom. The molecule has 2 amide bonds. The lowest BCUT2D eigenvalue weighted by Gasteiger charge is -2.58. The lowest BCUT2D eigenvalue weighted by molar-refractivity contribution is -0.384. The van der Waals surface area contributed by atoms with Crippen molar-refractivity contribution in [3.63, 3.8) is 0 Å². The number of nitro groups is 1. The molecule has 0 spiro atoms. The SMILES string of the molecule is COc1ccc(CCNC(=O)[C@@]2(c3ccc([N+](=O)[O-])cc3)CC(=O)N(CC34CC5CC(CC(C5)C3)C4)[C@@H]2c2ccc(CO)cc2)cc1. The molecule has 0 aromatic heterocycles. The number of nitrogens with zero attached hydrogens (tertiary/aromatic N) is 2. The molecule has 3 aromatic rings. The van der Waals surface area contributed by atoms with E-state index in [1.54, 1.807) is 19.2 Å². The largest absolute Gasteiger partial charge is 0.497 e. The smallest absolute Gasteiger partial charge is 0.269 e. The Balaban J connectivity index is 1.27. The summed E-state index contributed by atoms with van der Waals surface area (Å²) in [5, 5.41) is 24.6. The molecule has 9 heteroatoms. The van der Waals surface area contributed by atoms with E-state index in [2.05, 4.69) is 5.32 Å². The summed E-state index contributed by atoms with van der Waals surface area (Å²) in [6.07, 6.45) is 7.81. The van der Waals surface area contributed by atoms with Gasteiger partial charge in [0, 0.05) is 31.6 Å². The predicted molar refractivity (Wildman–Crippen MR) is 177 cm³/mol. The molecule has 1 heterocycles. The highest BCUT2D eigenvalue weighted by Crippen LogP contribution is 2.62. The summed E-state index contributed by atoms with van der Waals surface area (Å²) in [6.45, 7) is 0.856. The van der Waals surface area contributed by atoms with Crippen molar-refractivity contribution in [1.82, 2.24) is 10.2 Å². The molecule has 1 saturated heterocycles. The van der Waals surface area contributed by atoms with Crippen LogP contribution >= 0.6 is 0 Å². The van der Waals surface area contributed by atoms with Crippen molar-refractivity contribution >= 4 is 17.5 Å². The summed E-state index contributed by atoms with van der Waals surface area (Å²) >= 11 is 0. The second-order valence-corrected chi connectivity index (χ2v) is 14.5. The molecule has 4 bridgehead atoms. The average molecular weight is 638 g/mol. The first-order chi connectivity index (χ1) is 22.7. The number of aliphatic hydroxyl groups is 1. The molecule has 2 atom stereocenters. The number of hydrogen-bond donors (Lipinski definition) is 2. The van der Waals surface area contributed by atoms with Crippen molar-refractivity contribution < 1.29 is 24.4 Å². The number of amides is 2. The van der Waals surface area contributed by atoms with Gasteiger partial charge in [0.25, 0.3) is 5.69 Å². The van der Waals surface area contributed by atoms with Crippen LogP contribution in [0, 0.1) is 33.3 Å². The van der Waals surface area contributed by atoms with Crippen molar-refractivity contribution in [3.8, 4) is 5.75 Å². The fourth-order valence-corrected chi connectivity index (χ4v) is 9.89. The topological polar surface area (TPSA) is 122 Å². The second kappa shape index (κ2) is 12.4. The van der Waals surface area contributed by atoms with Crippen LogP contribution in [0.5, 0.6) is 5.75 Å². The van der Waals surface area contributed by atoms with E-state index in [0.29, 0.717) is 42.8 Å². The number of carbonyl (C=O) groups excluding carboxylic acids is 2. The van der Waals surface area contributed by atoms with Crippen LogP contribution in [0.3, 0.4) is 0 Å². The molecule has 9 nitrogen and oxygen atoms in total. The lowest BCUT2D eigenvalue weighted by Crippen LogP contribution is -2.53. The first-order valence-electron chi connectivity index (χ1n) is 16.9. The van der Waals surface area contributed by atoms with E-state index in [1.807, 2.05) is 53.4 Å². The molecule has 246 valence electrons. The third-order valence-electron chi connectivity index (χ3n) is 11.5. The van der Waals surface area contributed by atoms with Crippen molar-refractivity contribution in [3.05, 3.63) is 105 Å². The summed E-state index contributed by atoms with van der Waals surface area (Å²) in [5.74, 6) is 2.55. The number of ether oxygens (including phenoxy) is 1. The molecular formula is C38H43N3O6. The quantitative estimate of drug-likeness (QED) is 0.200. The van der Waals surface area contributed by atoms with Crippen LogP contribution in [0.15, 0.2) is 72.8 Å². The number of benzene rings is 3. The molecule has 4 saturated carbocycles. The van der Waals surface area contributed by atoms with Gasteiger partial charge in [0.15, 0.2) is 0 Å². The van der Waals surface area contributed by atoms with Gasteiger partial charge in [-0.2, -0.15) is 0 Å². The van der Waals surface area contributed by atoms with Gasteiger partial charge in [-0.15, -0.1) is 0 Å². The standard InChI is InChI=1S/C38H43N3O6/c1-47-33-12-4-25(5-13-33)14-15-39-36(44)38(31-8-10-32(11-9-31)41(45)46)22-34(43)40(35(38)30-6-2-26(23-42)3-7-30)24-37-19-27-16-28(20-37)18-29(17-27)21-37/h2-13,27-29,35,42H,14-24H2,1H3,(H,39,44)/t27?,28?,29?,35-,37?,38-/m1/s1. The Morgan fingerprint density at radius 2 is 1.53 bits per heavy atom. The molecule has 5 fully saturated rings. The lowest BCUT2D eigenvalue weighted by atomic mass is 9.49. The van der Waals surface area contributed by atoms with E-state index >= 15 is 0 Å². The zero-order valence-electron chi connectivity index (χ0n) is 26.9. The van der Waals surface area contributed by atoms with E-state index in [9.17, 15) is 24.8 Å². The van der Waals surface area contributed by atoms with Gasteiger partial charge in [-0.3, -0.25) is 19.7 Å². The summed E-state index contributed by atoms with van der Waals surface area (Å²) < 4.78 is 5.28. The predicted octanol–water partition coefficient (Wildman–Crippen LogP) is 5.88. The number of nitro benzene ring substituents is 1. The first-order valence-corrected chi connectivity index (χ1v) is 16.9. The number of carbonyl (C=O) groups is 2. The minimum absolute atomic E-state index is 0.0298. The molecule has 8 rings (SSSR count). The van der Waals surface area contributed by atoms with Crippen LogP contribution < -0.4 is 10.1 Å². The molecule has 47 heavy (non-hydrogen) atoms. The van der Waals surface area contributed by atoms with E-state index in [4.69, 9.17) is 4.74 Å². The van der Waals surface area contributed by atoms with E-state index in [1.165, 1.54) is 31.4 Å². The third-order valence-corrected chi connectivity index (χ3v) is 11.5. The van der Waals surface area contributed by atoms with E-state index < -0.39 is 16.4 Å². The highest BCUT2D eigenvalue weighted by atomic mass is 16.6. The van der Waals surface area contributed by atoms with Crippen LogP contribution in [0.2, 0.25) is 0 Å². The molecule has 5 aliphatic rings. The highest BCUT2D eigenvalue weighted by molar-refractivity contribution is 5.98. The van der Waals surface area contributed by atoms with Crippen LogP contribution in [0.4, 0.5) is 5.69 Å².